The van der Waals surface area contributed by atoms with E-state index in [9.17, 15) is 5.11 Å². The summed E-state index contributed by atoms with van der Waals surface area (Å²) in [7, 11) is 1.90. The molecule has 1 atom stereocenters. The van der Waals surface area contributed by atoms with Crippen molar-refractivity contribution in [3.8, 4) is 5.75 Å². The standard InChI is InChI=1S/C17H18N2O2/c1-12(20)17-18-16-14(19(17)2)9-6-10-15(16)21-11-13-7-4-3-5-8-13/h3-10,12,20H,11H2,1-2H3. The van der Waals surface area contributed by atoms with Crippen molar-refractivity contribution in [2.75, 3.05) is 0 Å². The molecule has 0 spiro atoms. The summed E-state index contributed by atoms with van der Waals surface area (Å²) >= 11 is 0. The van der Waals surface area contributed by atoms with Gasteiger partial charge in [0.15, 0.2) is 0 Å². The molecule has 0 fully saturated rings. The highest BCUT2D eigenvalue weighted by molar-refractivity contribution is 5.82. The molecule has 4 heteroatoms. The third-order valence-corrected chi connectivity index (χ3v) is 3.52. The van der Waals surface area contributed by atoms with E-state index in [0.29, 0.717) is 12.4 Å². The first-order valence-corrected chi connectivity index (χ1v) is 6.97. The average Bonchev–Trinajstić information content (AvgIpc) is 2.84. The first-order chi connectivity index (χ1) is 10.2. The Bertz CT molecular complexity index is 748. The van der Waals surface area contributed by atoms with Gasteiger partial charge in [-0.1, -0.05) is 36.4 Å². The Hall–Kier alpha value is -2.33. The van der Waals surface area contributed by atoms with Gasteiger partial charge in [0, 0.05) is 7.05 Å². The number of aliphatic hydroxyl groups is 1. The molecule has 0 saturated heterocycles. The van der Waals surface area contributed by atoms with Crippen LogP contribution in [0.5, 0.6) is 5.75 Å². The predicted molar refractivity (Wildman–Crippen MR) is 82.1 cm³/mol. The molecule has 21 heavy (non-hydrogen) atoms. The lowest BCUT2D eigenvalue weighted by Crippen LogP contribution is -2.01. The molecule has 0 amide bonds. The maximum atomic E-state index is 9.78. The van der Waals surface area contributed by atoms with Gasteiger partial charge in [0.25, 0.3) is 0 Å². The van der Waals surface area contributed by atoms with Crippen LogP contribution in [-0.4, -0.2) is 14.7 Å². The molecule has 0 bridgehead atoms. The minimum absolute atomic E-state index is 0.501. The lowest BCUT2D eigenvalue weighted by Gasteiger charge is -2.07. The molecule has 0 aliphatic rings. The van der Waals surface area contributed by atoms with Gasteiger partial charge in [-0.3, -0.25) is 0 Å². The first-order valence-electron chi connectivity index (χ1n) is 6.97. The number of ether oxygens (including phenoxy) is 1. The lowest BCUT2D eigenvalue weighted by molar-refractivity contribution is 0.186. The zero-order chi connectivity index (χ0) is 14.8. The third-order valence-electron chi connectivity index (χ3n) is 3.52. The fourth-order valence-electron chi connectivity index (χ4n) is 2.43. The molecule has 0 saturated carbocycles. The van der Waals surface area contributed by atoms with Gasteiger partial charge in [-0.05, 0) is 24.6 Å². The van der Waals surface area contributed by atoms with E-state index in [1.807, 2.05) is 60.1 Å². The molecule has 1 heterocycles. The van der Waals surface area contributed by atoms with Crippen LogP contribution in [0.3, 0.4) is 0 Å². The van der Waals surface area contributed by atoms with E-state index in [2.05, 4.69) is 4.98 Å². The summed E-state index contributed by atoms with van der Waals surface area (Å²) in [6, 6.07) is 15.8. The first kappa shape index (κ1) is 13.6. The lowest BCUT2D eigenvalue weighted by atomic mass is 10.2. The van der Waals surface area contributed by atoms with E-state index in [4.69, 9.17) is 4.74 Å². The highest BCUT2D eigenvalue weighted by Gasteiger charge is 2.15. The van der Waals surface area contributed by atoms with Crippen LogP contribution in [0.2, 0.25) is 0 Å². The van der Waals surface area contributed by atoms with Crippen LogP contribution in [-0.2, 0) is 13.7 Å². The zero-order valence-electron chi connectivity index (χ0n) is 12.2. The molecule has 1 unspecified atom stereocenters. The number of aryl methyl sites for hydroxylation is 1. The van der Waals surface area contributed by atoms with Gasteiger partial charge in [0.1, 0.15) is 29.8 Å². The van der Waals surface area contributed by atoms with Crippen molar-refractivity contribution in [1.29, 1.82) is 0 Å². The largest absolute Gasteiger partial charge is 0.487 e. The highest BCUT2D eigenvalue weighted by atomic mass is 16.5. The summed E-state index contributed by atoms with van der Waals surface area (Å²) in [4.78, 5) is 4.51. The van der Waals surface area contributed by atoms with E-state index in [1.165, 1.54) is 0 Å². The van der Waals surface area contributed by atoms with Gasteiger partial charge in [-0.15, -0.1) is 0 Å². The minimum atomic E-state index is -0.607. The molecule has 2 aromatic carbocycles. The van der Waals surface area contributed by atoms with Crippen LogP contribution in [0.25, 0.3) is 11.0 Å². The Morgan fingerprint density at radius 3 is 2.62 bits per heavy atom. The fraction of sp³-hybridized carbons (Fsp3) is 0.235. The molecule has 0 aliphatic carbocycles. The van der Waals surface area contributed by atoms with Crippen molar-refractivity contribution in [3.63, 3.8) is 0 Å². The molecule has 1 aromatic heterocycles. The molecule has 0 aliphatic heterocycles. The van der Waals surface area contributed by atoms with Crippen molar-refractivity contribution < 1.29 is 9.84 Å². The Labute approximate surface area is 123 Å². The van der Waals surface area contributed by atoms with Crippen LogP contribution < -0.4 is 4.74 Å². The van der Waals surface area contributed by atoms with Gasteiger partial charge in [-0.2, -0.15) is 0 Å². The highest BCUT2D eigenvalue weighted by Crippen LogP contribution is 2.28. The van der Waals surface area contributed by atoms with Gasteiger partial charge in [0.05, 0.1) is 5.52 Å². The molecule has 3 rings (SSSR count). The fourth-order valence-corrected chi connectivity index (χ4v) is 2.43. The summed E-state index contributed by atoms with van der Waals surface area (Å²) in [6.45, 7) is 2.21. The second-order valence-corrected chi connectivity index (χ2v) is 5.10. The Morgan fingerprint density at radius 2 is 1.90 bits per heavy atom. The van der Waals surface area contributed by atoms with Crippen LogP contribution in [0.4, 0.5) is 0 Å². The van der Waals surface area contributed by atoms with Crippen LogP contribution in [0.15, 0.2) is 48.5 Å². The second-order valence-electron chi connectivity index (χ2n) is 5.10. The van der Waals surface area contributed by atoms with E-state index < -0.39 is 6.10 Å². The molecular weight excluding hydrogens is 264 g/mol. The van der Waals surface area contributed by atoms with Crippen molar-refractivity contribution in [2.45, 2.75) is 19.6 Å². The molecule has 0 radical (unpaired) electrons. The van der Waals surface area contributed by atoms with Crippen molar-refractivity contribution in [1.82, 2.24) is 9.55 Å². The molecule has 4 nitrogen and oxygen atoms in total. The molecular formula is C17H18N2O2. The van der Waals surface area contributed by atoms with Crippen molar-refractivity contribution in [2.24, 2.45) is 7.05 Å². The number of nitrogens with zero attached hydrogens (tertiary/aromatic N) is 2. The van der Waals surface area contributed by atoms with Crippen LogP contribution >= 0.6 is 0 Å². The third kappa shape index (κ3) is 2.62. The zero-order valence-corrected chi connectivity index (χ0v) is 12.2. The quantitative estimate of drug-likeness (QED) is 0.799. The second kappa shape index (κ2) is 5.58. The smallest absolute Gasteiger partial charge is 0.147 e. The van der Waals surface area contributed by atoms with Gasteiger partial charge >= 0.3 is 0 Å². The van der Waals surface area contributed by atoms with E-state index >= 15 is 0 Å². The number of hydrogen-bond donors (Lipinski definition) is 1. The number of para-hydroxylation sites is 1. The number of fused-ring (bicyclic) bond motifs is 1. The normalized spacial score (nSPS) is 12.5. The molecule has 3 aromatic rings. The van der Waals surface area contributed by atoms with E-state index in [-0.39, 0.29) is 0 Å². The molecule has 1 N–H and O–H groups in total. The maximum Gasteiger partial charge on any atom is 0.147 e. The Kier molecular flexibility index (Phi) is 3.62. The number of benzene rings is 2. The summed E-state index contributed by atoms with van der Waals surface area (Å²) in [5.41, 5.74) is 2.85. The number of aliphatic hydroxyl groups excluding tert-OH is 1. The van der Waals surface area contributed by atoms with Crippen LogP contribution in [0.1, 0.15) is 24.4 Å². The minimum Gasteiger partial charge on any atom is -0.487 e. The van der Waals surface area contributed by atoms with Crippen molar-refractivity contribution >= 4 is 11.0 Å². The van der Waals surface area contributed by atoms with Crippen molar-refractivity contribution in [3.05, 3.63) is 59.9 Å². The Morgan fingerprint density at radius 1 is 1.14 bits per heavy atom. The summed E-state index contributed by atoms with van der Waals surface area (Å²) < 4.78 is 7.79. The number of rotatable bonds is 4. The maximum absolute atomic E-state index is 9.78. The monoisotopic (exact) mass is 282 g/mol. The van der Waals surface area contributed by atoms with E-state index in [1.54, 1.807) is 6.92 Å². The molecule has 108 valence electrons. The summed E-state index contributed by atoms with van der Waals surface area (Å²) in [5, 5.41) is 9.78. The SMILES string of the molecule is CC(O)c1nc2c(OCc3ccccc3)cccc2n1C. The summed E-state index contributed by atoms with van der Waals surface area (Å²) in [5.74, 6) is 1.37. The number of aromatic nitrogens is 2. The number of hydrogen-bond acceptors (Lipinski definition) is 3. The number of imidazole rings is 1. The van der Waals surface area contributed by atoms with E-state index in [0.717, 1.165) is 22.3 Å². The topological polar surface area (TPSA) is 47.3 Å². The van der Waals surface area contributed by atoms with Gasteiger partial charge in [0.2, 0.25) is 0 Å². The summed E-state index contributed by atoms with van der Waals surface area (Å²) in [6.07, 6.45) is -0.607. The average molecular weight is 282 g/mol. The predicted octanol–water partition coefficient (Wildman–Crippen LogP) is 3.21. The van der Waals surface area contributed by atoms with Gasteiger partial charge < -0.3 is 14.4 Å². The Balaban J connectivity index is 1.94. The van der Waals surface area contributed by atoms with Crippen LogP contribution in [0, 0.1) is 0 Å². The van der Waals surface area contributed by atoms with Gasteiger partial charge in [-0.25, -0.2) is 4.98 Å².